The molecule has 4 N–H and O–H groups in total. The second-order valence-corrected chi connectivity index (χ2v) is 20.6. The number of esters is 1. The summed E-state index contributed by atoms with van der Waals surface area (Å²) in [6.07, 6.45) is 41.4. The van der Waals surface area contributed by atoms with E-state index < -0.39 is 53.8 Å². The molecule has 0 amide bonds. The fraction of sp³-hybridized carbons (Fsp3) is 0.981. The van der Waals surface area contributed by atoms with Crippen molar-refractivity contribution in [3.63, 3.8) is 0 Å². The molecular weight excluding hydrogens is 861 g/mol. The predicted octanol–water partition coefficient (Wildman–Crippen LogP) is 13.2. The monoisotopic (exact) mass is 965 g/mol. The van der Waals surface area contributed by atoms with Crippen LogP contribution in [0.5, 0.6) is 0 Å². The summed E-state index contributed by atoms with van der Waals surface area (Å²) < 4.78 is 59.4. The van der Waals surface area contributed by atoms with E-state index in [0.29, 0.717) is 13.0 Å². The minimum atomic E-state index is -5.06. The van der Waals surface area contributed by atoms with E-state index in [0.717, 1.165) is 38.5 Å². The molecule has 0 aromatic heterocycles. The zero-order valence-electron chi connectivity index (χ0n) is 42.5. The fourth-order valence-electron chi connectivity index (χ4n) is 9.03. The van der Waals surface area contributed by atoms with E-state index in [1.807, 2.05) is 0 Å². The summed E-state index contributed by atoms with van der Waals surface area (Å²) in [5.41, 5.74) is 0. The van der Waals surface area contributed by atoms with Crippen molar-refractivity contribution in [3.8, 4) is 0 Å². The highest BCUT2D eigenvalue weighted by Gasteiger charge is 2.48. The van der Waals surface area contributed by atoms with Gasteiger partial charge in [-0.25, -0.2) is 4.18 Å². The van der Waals surface area contributed by atoms with Crippen LogP contribution in [0.1, 0.15) is 271 Å². The molecular formula is C53H104O12S. The molecule has 0 saturated carbocycles. The first kappa shape index (κ1) is 63.1. The number of carbonyl (C=O) groups is 1. The normalized spacial score (nSPS) is 19.4. The van der Waals surface area contributed by atoms with E-state index in [-0.39, 0.29) is 25.6 Å². The van der Waals surface area contributed by atoms with Crippen LogP contribution in [0.2, 0.25) is 0 Å². The molecule has 1 aliphatic rings. The molecule has 66 heavy (non-hydrogen) atoms. The number of aliphatic hydroxyl groups excluding tert-OH is 3. The molecule has 12 nitrogen and oxygen atoms in total. The molecule has 1 saturated heterocycles. The average molecular weight is 965 g/mol. The van der Waals surface area contributed by atoms with Gasteiger partial charge >= 0.3 is 16.4 Å². The van der Waals surface area contributed by atoms with E-state index in [1.54, 1.807) is 0 Å². The van der Waals surface area contributed by atoms with Gasteiger partial charge in [-0.15, -0.1) is 0 Å². The molecule has 0 aliphatic carbocycles. The molecule has 0 aromatic carbocycles. The first-order valence-electron chi connectivity index (χ1n) is 27.8. The molecule has 6 unspecified atom stereocenters. The van der Waals surface area contributed by atoms with Gasteiger partial charge < -0.3 is 34.3 Å². The molecule has 0 spiro atoms. The largest absolute Gasteiger partial charge is 0.457 e. The van der Waals surface area contributed by atoms with Gasteiger partial charge in [-0.05, 0) is 12.8 Å². The number of rotatable bonds is 50. The fourth-order valence-corrected chi connectivity index (χ4v) is 9.54. The number of carbonyl (C=O) groups excluding carboxylic acids is 1. The molecule has 0 aromatic rings. The smallest absolute Gasteiger partial charge is 0.397 e. The van der Waals surface area contributed by atoms with Gasteiger partial charge in [0.15, 0.2) is 6.29 Å². The Kier molecular flexibility index (Phi) is 43.3. The van der Waals surface area contributed by atoms with Crippen LogP contribution in [0.15, 0.2) is 0 Å². The van der Waals surface area contributed by atoms with Crippen LogP contribution in [0.3, 0.4) is 0 Å². The van der Waals surface area contributed by atoms with Gasteiger partial charge in [0.1, 0.15) is 30.5 Å². The Hall–Kier alpha value is -0.900. The zero-order valence-corrected chi connectivity index (χ0v) is 43.4. The van der Waals surface area contributed by atoms with Crippen molar-refractivity contribution in [3.05, 3.63) is 0 Å². The molecule has 1 heterocycles. The first-order chi connectivity index (χ1) is 32.1. The summed E-state index contributed by atoms with van der Waals surface area (Å²) in [5, 5.41) is 30.8. The maximum absolute atomic E-state index is 12.9. The lowest BCUT2D eigenvalue weighted by Crippen LogP contribution is -2.60. The van der Waals surface area contributed by atoms with Crippen molar-refractivity contribution >= 4 is 16.4 Å². The Bertz CT molecular complexity index is 1160. The maximum atomic E-state index is 12.9. The highest BCUT2D eigenvalue weighted by Crippen LogP contribution is 2.26. The Balaban J connectivity index is 2.29. The molecule has 1 fully saturated rings. The summed E-state index contributed by atoms with van der Waals surface area (Å²) in [4.78, 5) is 12.9. The van der Waals surface area contributed by atoms with E-state index in [2.05, 4.69) is 18.0 Å². The minimum absolute atomic E-state index is 0.0454. The van der Waals surface area contributed by atoms with Crippen LogP contribution in [0, 0.1) is 0 Å². The van der Waals surface area contributed by atoms with Gasteiger partial charge in [0.25, 0.3) is 0 Å². The van der Waals surface area contributed by atoms with Gasteiger partial charge in [-0.2, -0.15) is 8.42 Å². The van der Waals surface area contributed by atoms with Crippen LogP contribution in [-0.2, 0) is 38.3 Å². The van der Waals surface area contributed by atoms with Crippen molar-refractivity contribution in [2.45, 2.75) is 307 Å². The Morgan fingerprint density at radius 2 is 0.864 bits per heavy atom. The van der Waals surface area contributed by atoms with Crippen LogP contribution in [0.4, 0.5) is 0 Å². The van der Waals surface area contributed by atoms with Gasteiger partial charge in [-0.1, -0.05) is 251 Å². The first-order valence-corrected chi connectivity index (χ1v) is 29.2. The second kappa shape index (κ2) is 45.3. The van der Waals surface area contributed by atoms with Crippen molar-refractivity contribution in [1.29, 1.82) is 0 Å². The predicted molar refractivity (Wildman–Crippen MR) is 267 cm³/mol. The van der Waals surface area contributed by atoms with E-state index in [9.17, 15) is 33.1 Å². The Morgan fingerprint density at radius 3 is 1.21 bits per heavy atom. The number of unbranched alkanes of at least 4 members (excludes halogenated alkanes) is 37. The molecule has 0 radical (unpaired) electrons. The van der Waals surface area contributed by atoms with Gasteiger partial charge in [0.2, 0.25) is 0 Å². The Morgan fingerprint density at radius 1 is 0.515 bits per heavy atom. The van der Waals surface area contributed by atoms with Gasteiger partial charge in [0, 0.05) is 13.0 Å². The maximum Gasteiger partial charge on any atom is 0.397 e. The highest BCUT2D eigenvalue weighted by atomic mass is 32.3. The third-order valence-corrected chi connectivity index (χ3v) is 13.7. The summed E-state index contributed by atoms with van der Waals surface area (Å²) in [6.45, 7) is 4.07. The molecule has 6 atom stereocenters. The lowest BCUT2D eigenvalue weighted by atomic mass is 9.99. The van der Waals surface area contributed by atoms with Crippen molar-refractivity contribution < 1.29 is 56.2 Å². The topological polar surface area (TPSA) is 178 Å². The third-order valence-electron chi connectivity index (χ3n) is 13.2. The number of ether oxygens (including phenoxy) is 4. The van der Waals surface area contributed by atoms with E-state index in [1.165, 1.54) is 205 Å². The second-order valence-electron chi connectivity index (χ2n) is 19.5. The summed E-state index contributed by atoms with van der Waals surface area (Å²) in [5.74, 6) is -0.389. The quantitative estimate of drug-likeness (QED) is 0.0258. The number of hydrogen-bond donors (Lipinski definition) is 4. The average Bonchev–Trinajstić information content (AvgIpc) is 3.29. The molecule has 13 heteroatoms. The van der Waals surface area contributed by atoms with Gasteiger partial charge in [0.05, 0.1) is 19.8 Å². The molecule has 1 rings (SSSR count). The van der Waals surface area contributed by atoms with Crippen LogP contribution < -0.4 is 0 Å². The van der Waals surface area contributed by atoms with E-state index in [4.69, 9.17) is 18.9 Å². The SMILES string of the molecule is CCCCCCCCCCCCCCCCCCCCCCCCC(=O)OC(COCCCCCCCCCCCCCCCCCCC)COC1OC(CO)C(O)C(OS(=O)(=O)O)C1O. The molecule has 394 valence electrons. The lowest BCUT2D eigenvalue weighted by molar-refractivity contribution is -0.301. The zero-order chi connectivity index (χ0) is 48.2. The summed E-state index contributed by atoms with van der Waals surface area (Å²) >= 11 is 0. The van der Waals surface area contributed by atoms with Crippen molar-refractivity contribution in [1.82, 2.24) is 0 Å². The lowest BCUT2D eigenvalue weighted by Gasteiger charge is -2.41. The third kappa shape index (κ3) is 37.9. The van der Waals surface area contributed by atoms with Gasteiger partial charge in [-0.3, -0.25) is 9.35 Å². The van der Waals surface area contributed by atoms with Crippen LogP contribution in [0.25, 0.3) is 0 Å². The van der Waals surface area contributed by atoms with Crippen LogP contribution in [-0.4, -0.2) is 97.5 Å². The van der Waals surface area contributed by atoms with Crippen LogP contribution >= 0.6 is 0 Å². The summed E-state index contributed by atoms with van der Waals surface area (Å²) in [6, 6.07) is 0. The van der Waals surface area contributed by atoms with Crippen molar-refractivity contribution in [2.75, 3.05) is 26.4 Å². The standard InChI is InChI=1S/C53H104O12S/c1-3-5-7-9-11-13-15-17-19-21-22-23-24-25-26-28-30-32-34-36-38-40-42-49(55)63-47(46-62-53-51(57)52(65-66(58,59)60)50(56)48(44-54)64-53)45-61-43-41-39-37-35-33-31-29-27-20-18-16-14-12-10-8-6-4-2/h47-48,50-54,56-57H,3-46H2,1-2H3,(H,58,59,60). The Labute approximate surface area is 405 Å². The van der Waals surface area contributed by atoms with Crippen molar-refractivity contribution in [2.24, 2.45) is 0 Å². The number of hydrogen-bond acceptors (Lipinski definition) is 11. The molecule has 1 aliphatic heterocycles. The highest BCUT2D eigenvalue weighted by molar-refractivity contribution is 7.80. The summed E-state index contributed by atoms with van der Waals surface area (Å²) in [7, 11) is -5.06. The number of aliphatic hydroxyl groups is 3. The van der Waals surface area contributed by atoms with E-state index >= 15 is 0 Å². The minimum Gasteiger partial charge on any atom is -0.457 e. The molecule has 0 bridgehead atoms.